The highest BCUT2D eigenvalue weighted by molar-refractivity contribution is 6.30. The lowest BCUT2D eigenvalue weighted by atomic mass is 9.64. The Morgan fingerprint density at radius 2 is 1.82 bits per heavy atom. The van der Waals surface area contributed by atoms with Crippen LogP contribution in [0.5, 0.6) is 5.88 Å². The van der Waals surface area contributed by atoms with E-state index in [2.05, 4.69) is 11.1 Å². The summed E-state index contributed by atoms with van der Waals surface area (Å²) in [5.41, 5.74) is -0.860. The van der Waals surface area contributed by atoms with Gasteiger partial charge in [-0.1, -0.05) is 42.8 Å². The number of nitriles is 1. The van der Waals surface area contributed by atoms with E-state index in [9.17, 15) is 28.0 Å². The van der Waals surface area contributed by atoms with Crippen molar-refractivity contribution >= 4 is 45.8 Å². The number of pyridine rings is 1. The summed E-state index contributed by atoms with van der Waals surface area (Å²) in [5.74, 6) is -4.26. The number of methoxy groups -OCH3 is 1. The third-order valence-electron chi connectivity index (χ3n) is 8.69. The molecular formula is C31H27ClF3N3O7. The molecule has 3 fully saturated rings. The van der Waals surface area contributed by atoms with E-state index in [4.69, 9.17) is 35.7 Å². The van der Waals surface area contributed by atoms with Gasteiger partial charge in [-0.15, -0.1) is 0 Å². The topological polar surface area (TPSA) is 139 Å². The van der Waals surface area contributed by atoms with Gasteiger partial charge >= 0.3 is 12.1 Å². The molecule has 0 radical (unpaired) electrons. The SMILES string of the molecule is CC[C@@]12O[C@@](CCOc3ccc(Cl)cn3)(C[C@H]1OC)[C@@H]1C(=O)N(c3ccc(C#N)c4ccccc34)C(=O)[C@@H]12.O=C(O)C(F)(F)F. The third-order valence-corrected chi connectivity index (χ3v) is 8.91. The van der Waals surface area contributed by atoms with Gasteiger partial charge in [0.1, 0.15) is 5.60 Å². The molecule has 3 aromatic rings. The highest BCUT2D eigenvalue weighted by Crippen LogP contribution is 2.64. The number of rotatable bonds is 7. The molecule has 0 unspecified atom stereocenters. The van der Waals surface area contributed by atoms with Crippen LogP contribution in [0.15, 0.2) is 54.7 Å². The number of imide groups is 1. The number of alkyl halides is 3. The lowest BCUT2D eigenvalue weighted by molar-refractivity contribution is -0.192. The standard InChI is InChI=1S/C29H26ClN3O5.C2HF3O2/c1-3-29-22(36-2)14-28(38-29,12-13-37-23-11-9-18(30)16-32-23)24-25(29)27(35)33(26(24)34)21-10-8-17(15-31)19-6-4-5-7-20(19)21;3-2(4,5)1(6)7/h4-11,16,22,24-25H,3,12-14H2,1-2H3;(H,6,7)/t22-,24+,25-,28+,29-;/m1./s1. The molecule has 0 spiro atoms. The molecule has 10 nitrogen and oxygen atoms in total. The molecule has 0 saturated carbocycles. The molecule has 45 heavy (non-hydrogen) atoms. The molecule has 2 amide bonds. The lowest BCUT2D eigenvalue weighted by Gasteiger charge is -2.36. The van der Waals surface area contributed by atoms with Crippen LogP contribution in [0.1, 0.15) is 31.7 Å². The quantitative estimate of drug-likeness (QED) is 0.339. The number of benzene rings is 2. The summed E-state index contributed by atoms with van der Waals surface area (Å²) < 4.78 is 50.2. The second-order valence-electron chi connectivity index (χ2n) is 10.9. The zero-order valence-corrected chi connectivity index (χ0v) is 24.8. The van der Waals surface area contributed by atoms with E-state index in [-0.39, 0.29) is 24.5 Å². The first-order chi connectivity index (χ1) is 21.3. The number of carbonyl (C=O) groups is 3. The number of halogens is 4. The fourth-order valence-electron chi connectivity index (χ4n) is 6.82. The molecule has 1 aromatic heterocycles. The van der Waals surface area contributed by atoms with Gasteiger partial charge in [0, 0.05) is 43.0 Å². The van der Waals surface area contributed by atoms with E-state index in [1.807, 2.05) is 31.2 Å². The Balaban J connectivity index is 0.000000515. The van der Waals surface area contributed by atoms with Crippen molar-refractivity contribution in [1.29, 1.82) is 5.26 Å². The molecule has 14 heteroatoms. The number of aromatic nitrogens is 1. The van der Waals surface area contributed by atoms with Crippen LogP contribution in [0, 0.1) is 23.2 Å². The summed E-state index contributed by atoms with van der Waals surface area (Å²) in [6.45, 7) is 2.21. The van der Waals surface area contributed by atoms with E-state index in [1.54, 1.807) is 31.4 Å². The lowest BCUT2D eigenvalue weighted by Crippen LogP contribution is -2.51. The molecule has 2 aromatic carbocycles. The number of nitrogens with zero attached hydrogens (tertiary/aromatic N) is 3. The van der Waals surface area contributed by atoms with Gasteiger partial charge in [-0.05, 0) is 24.6 Å². The fourth-order valence-corrected chi connectivity index (χ4v) is 6.93. The van der Waals surface area contributed by atoms with Crippen LogP contribution in [-0.2, 0) is 23.9 Å². The van der Waals surface area contributed by atoms with Crippen LogP contribution in [0.25, 0.3) is 10.8 Å². The molecule has 5 atom stereocenters. The maximum Gasteiger partial charge on any atom is 0.490 e. The number of hydrogen-bond donors (Lipinski definition) is 1. The normalized spacial score (nSPS) is 26.8. The molecule has 0 aliphatic carbocycles. The van der Waals surface area contributed by atoms with Crippen molar-refractivity contribution < 1.29 is 46.9 Å². The Bertz CT molecular complexity index is 1700. The minimum absolute atomic E-state index is 0.245. The monoisotopic (exact) mass is 645 g/mol. The van der Waals surface area contributed by atoms with Gasteiger partial charge in [0.25, 0.3) is 0 Å². The number of anilines is 1. The molecular weight excluding hydrogens is 619 g/mol. The Morgan fingerprint density at radius 1 is 1.16 bits per heavy atom. The Hall–Kier alpha value is -4.25. The molecule has 4 heterocycles. The Morgan fingerprint density at radius 3 is 2.40 bits per heavy atom. The van der Waals surface area contributed by atoms with E-state index >= 15 is 0 Å². The van der Waals surface area contributed by atoms with E-state index in [0.29, 0.717) is 52.2 Å². The van der Waals surface area contributed by atoms with E-state index in [0.717, 1.165) is 0 Å². The van der Waals surface area contributed by atoms with Crippen molar-refractivity contribution in [3.8, 4) is 11.9 Å². The van der Waals surface area contributed by atoms with Crippen molar-refractivity contribution in [1.82, 2.24) is 4.98 Å². The van der Waals surface area contributed by atoms with Crippen LogP contribution < -0.4 is 9.64 Å². The molecule has 6 rings (SSSR count). The molecule has 3 aliphatic heterocycles. The highest BCUT2D eigenvalue weighted by Gasteiger charge is 2.78. The van der Waals surface area contributed by atoms with Crippen LogP contribution in [0.3, 0.4) is 0 Å². The number of carbonyl (C=O) groups excluding carboxylic acids is 2. The van der Waals surface area contributed by atoms with Gasteiger partial charge in [-0.2, -0.15) is 18.4 Å². The maximum absolute atomic E-state index is 14.2. The van der Waals surface area contributed by atoms with E-state index in [1.165, 1.54) is 11.1 Å². The summed E-state index contributed by atoms with van der Waals surface area (Å²) in [6, 6.07) is 16.3. The zero-order chi connectivity index (χ0) is 32.7. The minimum Gasteiger partial charge on any atom is -0.478 e. The number of ether oxygens (including phenoxy) is 3. The summed E-state index contributed by atoms with van der Waals surface area (Å²) in [4.78, 5) is 42.7. The summed E-state index contributed by atoms with van der Waals surface area (Å²) in [6.07, 6.45) is -2.52. The first-order valence-corrected chi connectivity index (χ1v) is 14.3. The molecule has 3 saturated heterocycles. The van der Waals surface area contributed by atoms with Crippen molar-refractivity contribution in [2.24, 2.45) is 11.8 Å². The smallest absolute Gasteiger partial charge is 0.478 e. The average Bonchev–Trinajstić information content (AvgIpc) is 3.61. The predicted molar refractivity (Wildman–Crippen MR) is 153 cm³/mol. The average molecular weight is 646 g/mol. The second-order valence-corrected chi connectivity index (χ2v) is 11.3. The minimum atomic E-state index is -5.08. The van der Waals surface area contributed by atoms with Crippen LogP contribution in [0.4, 0.5) is 18.9 Å². The van der Waals surface area contributed by atoms with Crippen LogP contribution in [-0.4, -0.2) is 65.1 Å². The Kier molecular flexibility index (Phi) is 8.52. The number of carboxylic acids is 1. The number of fused-ring (bicyclic) bond motifs is 6. The summed E-state index contributed by atoms with van der Waals surface area (Å²) in [5, 5.41) is 18.6. The zero-order valence-electron chi connectivity index (χ0n) is 24.0. The first-order valence-electron chi connectivity index (χ1n) is 13.9. The summed E-state index contributed by atoms with van der Waals surface area (Å²) >= 11 is 5.93. The predicted octanol–water partition coefficient (Wildman–Crippen LogP) is 5.30. The fraction of sp³-hybridized carbons (Fsp3) is 0.387. The van der Waals surface area contributed by atoms with Crippen molar-refractivity contribution in [3.05, 3.63) is 65.3 Å². The van der Waals surface area contributed by atoms with Gasteiger partial charge in [0.05, 0.1) is 52.5 Å². The summed E-state index contributed by atoms with van der Waals surface area (Å²) in [7, 11) is 1.62. The maximum atomic E-state index is 14.2. The van der Waals surface area contributed by atoms with Gasteiger partial charge in [-0.3, -0.25) is 9.59 Å². The molecule has 3 aliphatic rings. The van der Waals surface area contributed by atoms with Crippen molar-refractivity contribution in [2.75, 3.05) is 18.6 Å². The number of hydrogen-bond acceptors (Lipinski definition) is 8. The van der Waals surface area contributed by atoms with Gasteiger partial charge in [-0.25, -0.2) is 14.7 Å². The van der Waals surface area contributed by atoms with Gasteiger partial charge < -0.3 is 19.3 Å². The Labute approximate surface area is 260 Å². The number of aliphatic carboxylic acids is 1. The first kappa shape index (κ1) is 32.2. The van der Waals surface area contributed by atoms with Crippen LogP contribution in [0.2, 0.25) is 5.02 Å². The number of carboxylic acid groups (broad SMARTS) is 1. The number of amides is 2. The van der Waals surface area contributed by atoms with Crippen molar-refractivity contribution in [3.63, 3.8) is 0 Å². The van der Waals surface area contributed by atoms with Crippen molar-refractivity contribution in [2.45, 2.75) is 49.7 Å². The molecule has 236 valence electrons. The third kappa shape index (κ3) is 5.37. The van der Waals surface area contributed by atoms with Gasteiger partial charge in [0.2, 0.25) is 17.7 Å². The largest absolute Gasteiger partial charge is 0.490 e. The second kappa shape index (κ2) is 11.9. The molecule has 1 N–H and O–H groups in total. The van der Waals surface area contributed by atoms with Crippen LogP contribution >= 0.6 is 11.6 Å². The van der Waals surface area contributed by atoms with E-state index < -0.39 is 35.2 Å². The van der Waals surface area contributed by atoms with Gasteiger partial charge in [0.15, 0.2) is 0 Å². The highest BCUT2D eigenvalue weighted by atomic mass is 35.5. The molecule has 2 bridgehead atoms.